The zero-order chi connectivity index (χ0) is 22.4. The fourth-order valence-corrected chi connectivity index (χ4v) is 3.45. The van der Waals surface area contributed by atoms with Crippen LogP contribution in [0.5, 0.6) is 5.75 Å². The van der Waals surface area contributed by atoms with E-state index in [1.54, 1.807) is 32.4 Å². The van der Waals surface area contributed by atoms with Gasteiger partial charge in [0.1, 0.15) is 17.7 Å². The second-order valence-electron chi connectivity index (χ2n) is 7.10. The molecule has 174 valence electrons. The monoisotopic (exact) mass is 468 g/mol. The predicted molar refractivity (Wildman–Crippen MR) is 119 cm³/mol. The number of benzene rings is 1. The molecule has 9 nitrogen and oxygen atoms in total. The number of pyridine rings is 1. The lowest BCUT2D eigenvalue weighted by molar-refractivity contribution is 0.0866. The minimum Gasteiger partial charge on any atom is -0.488 e. The molecule has 3 rings (SSSR count). The fourth-order valence-electron chi connectivity index (χ4n) is 3.45. The van der Waals surface area contributed by atoms with Crippen LogP contribution in [0.2, 0.25) is 0 Å². The summed E-state index contributed by atoms with van der Waals surface area (Å²) >= 11 is 0. The number of nitrogens with zero attached hydrogens (tertiary/aromatic N) is 2. The molecule has 2 heterocycles. The number of methoxy groups -OCH3 is 2. The molecule has 0 bridgehead atoms. The fraction of sp³-hybridized carbons (Fsp3) is 0.381. The summed E-state index contributed by atoms with van der Waals surface area (Å²) in [4.78, 5) is 29.9. The number of likely N-dealkylation sites (tertiary alicyclic amines) is 1. The molecule has 32 heavy (non-hydrogen) atoms. The van der Waals surface area contributed by atoms with Crippen LogP contribution in [0.3, 0.4) is 0 Å². The van der Waals surface area contributed by atoms with Crippen molar-refractivity contribution >= 4 is 35.9 Å². The highest BCUT2D eigenvalue weighted by molar-refractivity contribution is 6.00. The van der Waals surface area contributed by atoms with Crippen molar-refractivity contribution in [2.45, 2.75) is 25.5 Å². The Hall–Kier alpha value is -3.11. The SMILES string of the molecule is COC[C@H]1C[C@@H](Oc2cc(F)cc(NC(=O)Nc3cccnc3C)c2)CN1C(=O)OC.Cl. The molecule has 2 aromatic rings. The Morgan fingerprint density at radius 1 is 1.25 bits per heavy atom. The van der Waals surface area contributed by atoms with Crippen LogP contribution in [0.4, 0.5) is 25.4 Å². The molecule has 2 atom stereocenters. The minimum absolute atomic E-state index is 0. The first-order chi connectivity index (χ1) is 14.9. The number of aromatic nitrogens is 1. The Morgan fingerprint density at radius 3 is 2.72 bits per heavy atom. The molecule has 1 saturated heterocycles. The van der Waals surface area contributed by atoms with Gasteiger partial charge in [0.2, 0.25) is 0 Å². The maximum Gasteiger partial charge on any atom is 0.409 e. The van der Waals surface area contributed by atoms with Crippen LogP contribution in [-0.4, -0.2) is 61.5 Å². The number of rotatable bonds is 6. The largest absolute Gasteiger partial charge is 0.488 e. The number of carbonyl (C=O) groups is 2. The van der Waals surface area contributed by atoms with E-state index in [2.05, 4.69) is 15.6 Å². The molecule has 0 saturated carbocycles. The summed E-state index contributed by atoms with van der Waals surface area (Å²) < 4.78 is 30.0. The van der Waals surface area contributed by atoms with Crippen molar-refractivity contribution in [3.8, 4) is 5.75 Å². The lowest BCUT2D eigenvalue weighted by atomic mass is 10.2. The summed E-state index contributed by atoms with van der Waals surface area (Å²) in [7, 11) is 2.86. The highest BCUT2D eigenvalue weighted by atomic mass is 35.5. The van der Waals surface area contributed by atoms with E-state index in [0.717, 1.165) is 0 Å². The standard InChI is InChI=1S/C21H25FN4O5.ClH/c1-13-19(5-4-6-23-13)25-20(27)24-15-7-14(22)8-17(9-15)31-18-10-16(12-29-2)26(11-18)21(28)30-3;/h4-9,16,18H,10-12H2,1-3H3,(H2,24,25,27);1H/t16-,18-;/m1./s1. The topological polar surface area (TPSA) is 102 Å². The number of ether oxygens (including phenoxy) is 3. The van der Waals surface area contributed by atoms with Crippen molar-refractivity contribution in [2.75, 3.05) is 38.0 Å². The van der Waals surface area contributed by atoms with Crippen LogP contribution in [0.15, 0.2) is 36.5 Å². The number of hydrogen-bond donors (Lipinski definition) is 2. The molecular weight excluding hydrogens is 443 g/mol. The van der Waals surface area contributed by atoms with E-state index in [1.807, 2.05) is 0 Å². The van der Waals surface area contributed by atoms with Gasteiger partial charge in [0.15, 0.2) is 0 Å². The zero-order valence-corrected chi connectivity index (χ0v) is 18.8. The van der Waals surface area contributed by atoms with E-state index in [9.17, 15) is 14.0 Å². The van der Waals surface area contributed by atoms with E-state index in [4.69, 9.17) is 14.2 Å². The first-order valence-corrected chi connectivity index (χ1v) is 9.70. The summed E-state index contributed by atoms with van der Waals surface area (Å²) in [5.41, 5.74) is 1.43. The van der Waals surface area contributed by atoms with E-state index in [-0.39, 0.29) is 42.5 Å². The highest BCUT2D eigenvalue weighted by Gasteiger charge is 2.37. The molecule has 0 aliphatic carbocycles. The second kappa shape index (κ2) is 11.5. The Bertz CT molecular complexity index is 948. The highest BCUT2D eigenvalue weighted by Crippen LogP contribution is 2.27. The molecule has 1 aliphatic rings. The third-order valence-electron chi connectivity index (χ3n) is 4.83. The van der Waals surface area contributed by atoms with E-state index < -0.39 is 17.9 Å². The number of aryl methyl sites for hydroxylation is 1. The number of urea groups is 1. The third kappa shape index (κ3) is 6.44. The Balaban J connectivity index is 0.00000363. The summed E-state index contributed by atoms with van der Waals surface area (Å²) in [6, 6.07) is 6.60. The lowest BCUT2D eigenvalue weighted by Gasteiger charge is -2.21. The van der Waals surface area contributed by atoms with Gasteiger partial charge in [0, 0.05) is 37.5 Å². The summed E-state index contributed by atoms with van der Waals surface area (Å²) in [6.07, 6.45) is 1.27. The first kappa shape index (κ1) is 25.2. The number of nitrogens with one attached hydrogen (secondary N) is 2. The molecule has 3 amide bonds. The van der Waals surface area contributed by atoms with Crippen LogP contribution in [0.1, 0.15) is 12.1 Å². The van der Waals surface area contributed by atoms with Crippen molar-refractivity contribution in [1.29, 1.82) is 0 Å². The van der Waals surface area contributed by atoms with Gasteiger partial charge in [0.25, 0.3) is 0 Å². The lowest BCUT2D eigenvalue weighted by Crippen LogP contribution is -2.38. The van der Waals surface area contributed by atoms with Gasteiger partial charge in [-0.1, -0.05) is 0 Å². The van der Waals surface area contributed by atoms with Crippen molar-refractivity contribution in [1.82, 2.24) is 9.88 Å². The van der Waals surface area contributed by atoms with Gasteiger partial charge in [-0.25, -0.2) is 14.0 Å². The number of hydrogen-bond acceptors (Lipinski definition) is 6. The van der Waals surface area contributed by atoms with Gasteiger partial charge in [-0.05, 0) is 25.1 Å². The Kier molecular flexibility index (Phi) is 9.03. The Morgan fingerprint density at radius 2 is 2.03 bits per heavy atom. The molecule has 0 radical (unpaired) electrons. The van der Waals surface area contributed by atoms with Gasteiger partial charge < -0.3 is 24.8 Å². The predicted octanol–water partition coefficient (Wildman–Crippen LogP) is 3.83. The normalized spacial score (nSPS) is 17.3. The van der Waals surface area contributed by atoms with Crippen LogP contribution in [0.25, 0.3) is 0 Å². The quantitative estimate of drug-likeness (QED) is 0.668. The number of amides is 3. The van der Waals surface area contributed by atoms with Crippen molar-refractivity contribution in [3.05, 3.63) is 48.0 Å². The molecule has 1 aromatic heterocycles. The molecule has 0 unspecified atom stereocenters. The number of anilines is 2. The summed E-state index contributed by atoms with van der Waals surface area (Å²) in [5, 5.41) is 5.25. The second-order valence-corrected chi connectivity index (χ2v) is 7.10. The molecule has 1 aliphatic heterocycles. The van der Waals surface area contributed by atoms with E-state index in [1.165, 1.54) is 30.2 Å². The van der Waals surface area contributed by atoms with Crippen molar-refractivity contribution in [2.24, 2.45) is 0 Å². The first-order valence-electron chi connectivity index (χ1n) is 9.70. The summed E-state index contributed by atoms with van der Waals surface area (Å²) in [6.45, 7) is 2.37. The Labute approximate surface area is 191 Å². The zero-order valence-electron chi connectivity index (χ0n) is 18.0. The minimum atomic E-state index is -0.568. The molecule has 1 fully saturated rings. The van der Waals surface area contributed by atoms with Crippen molar-refractivity contribution < 1.29 is 28.2 Å². The number of halogens is 2. The van der Waals surface area contributed by atoms with Gasteiger partial charge >= 0.3 is 12.1 Å². The van der Waals surface area contributed by atoms with Gasteiger partial charge in [0.05, 0.1) is 37.7 Å². The van der Waals surface area contributed by atoms with Crippen LogP contribution in [-0.2, 0) is 9.47 Å². The van der Waals surface area contributed by atoms with Crippen LogP contribution >= 0.6 is 12.4 Å². The summed E-state index contributed by atoms with van der Waals surface area (Å²) in [5.74, 6) is -0.331. The van der Waals surface area contributed by atoms with Gasteiger partial charge in [-0.15, -0.1) is 12.4 Å². The molecule has 1 aromatic carbocycles. The molecule has 0 spiro atoms. The third-order valence-corrected chi connectivity index (χ3v) is 4.83. The van der Waals surface area contributed by atoms with Gasteiger partial charge in [-0.2, -0.15) is 0 Å². The van der Waals surface area contributed by atoms with E-state index >= 15 is 0 Å². The average Bonchev–Trinajstić information content (AvgIpc) is 3.11. The molecular formula is C21H26ClFN4O5. The van der Waals surface area contributed by atoms with Crippen LogP contribution in [0, 0.1) is 12.7 Å². The maximum atomic E-state index is 14.1. The number of carbonyl (C=O) groups excluding carboxylic acids is 2. The average molecular weight is 469 g/mol. The molecule has 11 heteroatoms. The van der Waals surface area contributed by atoms with Gasteiger partial charge in [-0.3, -0.25) is 9.88 Å². The van der Waals surface area contributed by atoms with E-state index in [0.29, 0.717) is 24.4 Å². The van der Waals surface area contributed by atoms with Crippen molar-refractivity contribution in [3.63, 3.8) is 0 Å². The molecule has 2 N–H and O–H groups in total. The van der Waals surface area contributed by atoms with Crippen LogP contribution < -0.4 is 15.4 Å². The maximum absolute atomic E-state index is 14.1. The smallest absolute Gasteiger partial charge is 0.409 e.